The van der Waals surface area contributed by atoms with Gasteiger partial charge < -0.3 is 15.7 Å². The van der Waals surface area contributed by atoms with Crippen molar-refractivity contribution in [1.82, 2.24) is 9.97 Å². The lowest BCUT2D eigenvalue weighted by molar-refractivity contribution is -0.384. The lowest BCUT2D eigenvalue weighted by Gasteiger charge is -2.20. The number of rotatable bonds is 9. The van der Waals surface area contributed by atoms with E-state index in [-0.39, 0.29) is 24.3 Å². The topological polar surface area (TPSA) is 113 Å². The van der Waals surface area contributed by atoms with Crippen LogP contribution in [0.2, 0.25) is 0 Å². The standard InChI is InChI=1S/C19H25N5O3/c1-12(2)17(11-25)22-19-21-16(14-6-7-14)9-18(23-19)20-10-13-4-3-5-15(8-13)24(26)27/h3-5,8-9,12,14,17,25H,6-7,10-11H2,1-2H3,(H2,20,21,22,23)/t17-/m1/s1. The quantitative estimate of drug-likeness (QED) is 0.458. The Morgan fingerprint density at radius 3 is 2.70 bits per heavy atom. The van der Waals surface area contributed by atoms with Crippen LogP contribution in [0.4, 0.5) is 17.5 Å². The van der Waals surface area contributed by atoms with Crippen molar-refractivity contribution in [2.45, 2.75) is 45.2 Å². The van der Waals surface area contributed by atoms with Gasteiger partial charge in [0.1, 0.15) is 5.82 Å². The minimum atomic E-state index is -0.400. The van der Waals surface area contributed by atoms with Gasteiger partial charge in [0.25, 0.3) is 5.69 Å². The molecule has 1 fully saturated rings. The highest BCUT2D eigenvalue weighted by molar-refractivity contribution is 5.45. The number of hydrogen-bond donors (Lipinski definition) is 3. The van der Waals surface area contributed by atoms with Crippen LogP contribution in [-0.4, -0.2) is 32.6 Å². The molecule has 2 aromatic rings. The summed E-state index contributed by atoms with van der Waals surface area (Å²) in [4.78, 5) is 19.6. The molecule has 3 rings (SSSR count). The smallest absolute Gasteiger partial charge is 0.269 e. The van der Waals surface area contributed by atoms with Gasteiger partial charge in [0.2, 0.25) is 5.95 Å². The first-order chi connectivity index (χ1) is 13.0. The summed E-state index contributed by atoms with van der Waals surface area (Å²) < 4.78 is 0. The highest BCUT2D eigenvalue weighted by atomic mass is 16.6. The van der Waals surface area contributed by atoms with Crippen LogP contribution in [0.3, 0.4) is 0 Å². The van der Waals surface area contributed by atoms with Crippen molar-refractivity contribution < 1.29 is 10.0 Å². The van der Waals surface area contributed by atoms with E-state index in [1.165, 1.54) is 6.07 Å². The number of hydrogen-bond acceptors (Lipinski definition) is 7. The van der Waals surface area contributed by atoms with Gasteiger partial charge in [-0.05, 0) is 24.3 Å². The molecule has 1 aliphatic rings. The van der Waals surface area contributed by atoms with E-state index in [0.29, 0.717) is 24.2 Å². The molecular formula is C19H25N5O3. The third kappa shape index (κ3) is 5.13. The molecule has 1 heterocycles. The Labute approximate surface area is 158 Å². The lowest BCUT2D eigenvalue weighted by atomic mass is 10.1. The molecule has 0 bridgehead atoms. The zero-order chi connectivity index (χ0) is 19.4. The predicted molar refractivity (Wildman–Crippen MR) is 104 cm³/mol. The molecule has 0 unspecified atom stereocenters. The Balaban J connectivity index is 1.76. The first-order valence-electron chi connectivity index (χ1n) is 9.20. The summed E-state index contributed by atoms with van der Waals surface area (Å²) >= 11 is 0. The zero-order valence-corrected chi connectivity index (χ0v) is 15.6. The predicted octanol–water partition coefficient (Wildman–Crippen LogP) is 3.30. The number of aliphatic hydroxyl groups is 1. The van der Waals surface area contributed by atoms with Crippen LogP contribution in [0.5, 0.6) is 0 Å². The minimum absolute atomic E-state index is 0.00509. The summed E-state index contributed by atoms with van der Waals surface area (Å²) in [5, 5.41) is 26.9. The fourth-order valence-corrected chi connectivity index (χ4v) is 2.77. The monoisotopic (exact) mass is 371 g/mol. The SMILES string of the molecule is CC(C)[C@@H](CO)Nc1nc(NCc2cccc([N+](=O)[O-])c2)cc(C2CC2)n1. The van der Waals surface area contributed by atoms with Gasteiger partial charge in [-0.2, -0.15) is 4.98 Å². The summed E-state index contributed by atoms with van der Waals surface area (Å²) in [6.07, 6.45) is 2.24. The largest absolute Gasteiger partial charge is 0.394 e. The molecule has 1 saturated carbocycles. The number of nitrogens with zero attached hydrogens (tertiary/aromatic N) is 3. The van der Waals surface area contributed by atoms with Crippen molar-refractivity contribution in [3.63, 3.8) is 0 Å². The van der Waals surface area contributed by atoms with Crippen LogP contribution in [-0.2, 0) is 6.54 Å². The molecule has 0 radical (unpaired) electrons. The fourth-order valence-electron chi connectivity index (χ4n) is 2.77. The second kappa shape index (κ2) is 8.30. The molecule has 3 N–H and O–H groups in total. The maximum Gasteiger partial charge on any atom is 0.269 e. The zero-order valence-electron chi connectivity index (χ0n) is 15.6. The molecular weight excluding hydrogens is 346 g/mol. The van der Waals surface area contributed by atoms with Crippen LogP contribution in [0.15, 0.2) is 30.3 Å². The minimum Gasteiger partial charge on any atom is -0.394 e. The van der Waals surface area contributed by atoms with Crippen molar-refractivity contribution >= 4 is 17.5 Å². The maximum atomic E-state index is 10.9. The highest BCUT2D eigenvalue weighted by Gasteiger charge is 2.26. The maximum absolute atomic E-state index is 10.9. The van der Waals surface area contributed by atoms with Crippen LogP contribution in [0.1, 0.15) is 43.9 Å². The summed E-state index contributed by atoms with van der Waals surface area (Å²) in [6.45, 7) is 4.49. The van der Waals surface area contributed by atoms with Gasteiger partial charge in [-0.15, -0.1) is 0 Å². The average Bonchev–Trinajstić information content (AvgIpc) is 3.49. The van der Waals surface area contributed by atoms with E-state index in [4.69, 9.17) is 0 Å². The summed E-state index contributed by atoms with van der Waals surface area (Å²) in [6, 6.07) is 8.35. The van der Waals surface area contributed by atoms with Crippen molar-refractivity contribution in [2.24, 2.45) is 5.92 Å². The lowest BCUT2D eigenvalue weighted by Crippen LogP contribution is -2.30. The summed E-state index contributed by atoms with van der Waals surface area (Å²) in [5.74, 6) is 1.86. The molecule has 0 saturated heterocycles. The van der Waals surface area contributed by atoms with Gasteiger partial charge in [-0.3, -0.25) is 10.1 Å². The number of nitro groups is 1. The van der Waals surface area contributed by atoms with Gasteiger partial charge in [0, 0.05) is 30.7 Å². The highest BCUT2D eigenvalue weighted by Crippen LogP contribution is 2.40. The molecule has 144 valence electrons. The number of anilines is 2. The van der Waals surface area contributed by atoms with Crippen molar-refractivity contribution in [3.05, 3.63) is 51.7 Å². The molecule has 8 heteroatoms. The molecule has 1 atom stereocenters. The number of nitrogens with one attached hydrogen (secondary N) is 2. The number of nitro benzene ring substituents is 1. The number of aliphatic hydroxyl groups excluding tert-OH is 1. The van der Waals surface area contributed by atoms with E-state index in [1.54, 1.807) is 12.1 Å². The molecule has 8 nitrogen and oxygen atoms in total. The number of benzene rings is 1. The third-order valence-electron chi connectivity index (χ3n) is 4.65. The molecule has 0 spiro atoms. The second-order valence-electron chi connectivity index (χ2n) is 7.23. The van der Waals surface area contributed by atoms with Gasteiger partial charge in [-0.25, -0.2) is 4.98 Å². The molecule has 27 heavy (non-hydrogen) atoms. The average molecular weight is 371 g/mol. The second-order valence-corrected chi connectivity index (χ2v) is 7.23. The summed E-state index contributed by atoms with van der Waals surface area (Å²) in [5.41, 5.74) is 1.86. The van der Waals surface area contributed by atoms with Gasteiger partial charge in [0.05, 0.1) is 23.3 Å². The molecule has 1 aromatic carbocycles. The molecule has 1 aromatic heterocycles. The van der Waals surface area contributed by atoms with E-state index in [0.717, 1.165) is 24.1 Å². The molecule has 0 aliphatic heterocycles. The Morgan fingerprint density at radius 2 is 2.07 bits per heavy atom. The van der Waals surface area contributed by atoms with Gasteiger partial charge in [-0.1, -0.05) is 26.0 Å². The van der Waals surface area contributed by atoms with Crippen molar-refractivity contribution in [2.75, 3.05) is 17.2 Å². The van der Waals surface area contributed by atoms with E-state index >= 15 is 0 Å². The van der Waals surface area contributed by atoms with Crippen molar-refractivity contribution in [3.8, 4) is 0 Å². The normalized spacial score (nSPS) is 14.8. The van der Waals surface area contributed by atoms with E-state index < -0.39 is 4.92 Å². The Hall–Kier alpha value is -2.74. The van der Waals surface area contributed by atoms with E-state index in [1.807, 2.05) is 26.0 Å². The van der Waals surface area contributed by atoms with Crippen LogP contribution in [0, 0.1) is 16.0 Å². The number of aromatic nitrogens is 2. The first-order valence-corrected chi connectivity index (χ1v) is 9.20. The van der Waals surface area contributed by atoms with E-state index in [9.17, 15) is 15.2 Å². The van der Waals surface area contributed by atoms with Crippen LogP contribution >= 0.6 is 0 Å². The molecule has 1 aliphatic carbocycles. The first kappa shape index (κ1) is 19.0. The van der Waals surface area contributed by atoms with Crippen LogP contribution < -0.4 is 10.6 Å². The summed E-state index contributed by atoms with van der Waals surface area (Å²) in [7, 11) is 0. The third-order valence-corrected chi connectivity index (χ3v) is 4.65. The number of non-ortho nitro benzene ring substituents is 1. The fraction of sp³-hybridized carbons (Fsp3) is 0.474. The van der Waals surface area contributed by atoms with E-state index in [2.05, 4.69) is 20.6 Å². The Morgan fingerprint density at radius 1 is 1.30 bits per heavy atom. The van der Waals surface area contributed by atoms with Crippen LogP contribution in [0.25, 0.3) is 0 Å². The van der Waals surface area contributed by atoms with Gasteiger partial charge >= 0.3 is 0 Å². The Kier molecular flexibility index (Phi) is 5.85. The van der Waals surface area contributed by atoms with Gasteiger partial charge in [0.15, 0.2) is 0 Å². The van der Waals surface area contributed by atoms with Crippen molar-refractivity contribution in [1.29, 1.82) is 0 Å². The molecule has 0 amide bonds. The Bertz CT molecular complexity index is 808.